The summed E-state index contributed by atoms with van der Waals surface area (Å²) in [5.41, 5.74) is 7.83. The van der Waals surface area contributed by atoms with Crippen molar-refractivity contribution in [1.29, 1.82) is 0 Å². The third-order valence-electron chi connectivity index (χ3n) is 7.86. The molecule has 44 heavy (non-hydrogen) atoms. The van der Waals surface area contributed by atoms with Gasteiger partial charge in [-0.15, -0.1) is 0 Å². The van der Waals surface area contributed by atoms with Crippen LogP contribution in [0.4, 0.5) is 32.9 Å². The zero-order valence-corrected chi connectivity index (χ0v) is 24.7. The summed E-state index contributed by atoms with van der Waals surface area (Å²) in [6, 6.07) is 57.4. The van der Waals surface area contributed by atoms with Crippen LogP contribution in [-0.2, 0) is 0 Å². The van der Waals surface area contributed by atoms with Crippen LogP contribution in [0.3, 0.4) is 0 Å². The highest BCUT2D eigenvalue weighted by Crippen LogP contribution is 2.45. The first kappa shape index (κ1) is 26.0. The van der Waals surface area contributed by atoms with Gasteiger partial charge in [0.15, 0.2) is 5.13 Å². The summed E-state index contributed by atoms with van der Waals surface area (Å²) in [7, 11) is 0. The molecule has 0 radical (unpaired) electrons. The predicted octanol–water partition coefficient (Wildman–Crippen LogP) is 11.2. The van der Waals surface area contributed by atoms with Gasteiger partial charge in [0.2, 0.25) is 0 Å². The second-order valence-corrected chi connectivity index (χ2v) is 11.5. The third-order valence-corrected chi connectivity index (χ3v) is 8.83. The molecule has 8 rings (SSSR count). The molecule has 6 aromatic carbocycles. The molecule has 0 aliphatic heterocycles. The highest BCUT2D eigenvalue weighted by Gasteiger charge is 2.22. The second kappa shape index (κ2) is 11.2. The summed E-state index contributed by atoms with van der Waals surface area (Å²) in [5.74, 6) is 0. The van der Waals surface area contributed by atoms with E-state index < -0.39 is 0 Å². The molecule has 0 amide bonds. The third kappa shape index (κ3) is 4.60. The largest absolute Gasteiger partial charge is 0.309 e. The number of thiazole rings is 1. The van der Waals surface area contributed by atoms with E-state index in [1.54, 1.807) is 11.3 Å². The highest BCUT2D eigenvalue weighted by molar-refractivity contribution is 7.19. The maximum Gasteiger partial charge on any atom is 0.196 e. The van der Waals surface area contributed by atoms with Crippen LogP contribution < -0.4 is 9.80 Å². The van der Waals surface area contributed by atoms with Crippen molar-refractivity contribution in [2.24, 2.45) is 0 Å². The zero-order valence-electron chi connectivity index (χ0n) is 23.9. The van der Waals surface area contributed by atoms with Crippen molar-refractivity contribution in [3.8, 4) is 5.69 Å². The Morgan fingerprint density at radius 2 is 0.977 bits per heavy atom. The molecule has 0 aliphatic rings. The van der Waals surface area contributed by atoms with Crippen LogP contribution in [0.2, 0.25) is 0 Å². The van der Waals surface area contributed by atoms with Gasteiger partial charge in [-0.1, -0.05) is 102 Å². The Kier molecular flexibility index (Phi) is 6.63. The van der Waals surface area contributed by atoms with Crippen molar-refractivity contribution in [2.75, 3.05) is 9.80 Å². The monoisotopic (exact) mass is 584 g/mol. The summed E-state index contributed by atoms with van der Waals surface area (Å²) in [6.07, 6.45) is 1.99. The Morgan fingerprint density at radius 1 is 0.455 bits per heavy atom. The average Bonchev–Trinajstić information content (AvgIpc) is 3.70. The molecule has 5 heteroatoms. The van der Waals surface area contributed by atoms with E-state index in [1.165, 1.54) is 21.8 Å². The van der Waals surface area contributed by atoms with Gasteiger partial charge in [-0.05, 0) is 72.8 Å². The van der Waals surface area contributed by atoms with Gasteiger partial charge in [-0.2, -0.15) is 0 Å². The van der Waals surface area contributed by atoms with Gasteiger partial charge in [-0.25, -0.2) is 4.98 Å². The fraction of sp³-hybridized carbons (Fsp3) is 0. The van der Waals surface area contributed by atoms with Gasteiger partial charge < -0.3 is 9.47 Å². The molecule has 2 heterocycles. The topological polar surface area (TPSA) is 24.3 Å². The van der Waals surface area contributed by atoms with Crippen molar-refractivity contribution >= 4 is 66.0 Å². The Morgan fingerprint density at radius 3 is 1.61 bits per heavy atom. The molecule has 0 bridgehead atoms. The number of hydrogen-bond donors (Lipinski definition) is 0. The molecule has 210 valence electrons. The first-order valence-corrected chi connectivity index (χ1v) is 15.5. The number of nitrogens with zero attached hydrogens (tertiary/aromatic N) is 4. The Bertz CT molecular complexity index is 2130. The second-order valence-electron chi connectivity index (χ2n) is 10.5. The van der Waals surface area contributed by atoms with Gasteiger partial charge in [0.25, 0.3) is 0 Å². The van der Waals surface area contributed by atoms with Gasteiger partial charge in [0.05, 0.1) is 17.2 Å². The highest BCUT2D eigenvalue weighted by atomic mass is 32.1. The van der Waals surface area contributed by atoms with Crippen LogP contribution >= 0.6 is 11.3 Å². The van der Waals surface area contributed by atoms with Crippen molar-refractivity contribution in [3.63, 3.8) is 0 Å². The molecule has 8 aromatic rings. The van der Waals surface area contributed by atoms with E-state index >= 15 is 0 Å². The fourth-order valence-corrected chi connectivity index (χ4v) is 6.93. The summed E-state index contributed by atoms with van der Waals surface area (Å²) < 4.78 is 2.35. The number of benzene rings is 6. The molecule has 0 fully saturated rings. The van der Waals surface area contributed by atoms with E-state index in [0.717, 1.165) is 38.6 Å². The molecule has 0 aliphatic carbocycles. The summed E-state index contributed by atoms with van der Waals surface area (Å²) >= 11 is 1.68. The van der Waals surface area contributed by atoms with Gasteiger partial charge >= 0.3 is 0 Å². The number of anilines is 6. The van der Waals surface area contributed by atoms with Crippen molar-refractivity contribution < 1.29 is 0 Å². The average molecular weight is 585 g/mol. The molecule has 4 nitrogen and oxygen atoms in total. The predicted molar refractivity (Wildman–Crippen MR) is 186 cm³/mol. The summed E-state index contributed by atoms with van der Waals surface area (Å²) in [5, 5.41) is 4.38. The van der Waals surface area contributed by atoms with Crippen molar-refractivity contribution in [3.05, 3.63) is 170 Å². The smallest absolute Gasteiger partial charge is 0.196 e. The number of fused-ring (bicyclic) bond motifs is 3. The Hall–Kier alpha value is -5.65. The van der Waals surface area contributed by atoms with Gasteiger partial charge in [0.1, 0.15) is 5.00 Å². The van der Waals surface area contributed by atoms with E-state index in [-0.39, 0.29) is 0 Å². The van der Waals surface area contributed by atoms with E-state index in [4.69, 9.17) is 4.98 Å². The minimum Gasteiger partial charge on any atom is -0.309 e. The molecule has 2 aromatic heterocycles. The van der Waals surface area contributed by atoms with Crippen LogP contribution in [0, 0.1) is 0 Å². The Labute approximate surface area is 260 Å². The molecule has 0 N–H and O–H groups in total. The van der Waals surface area contributed by atoms with Crippen molar-refractivity contribution in [1.82, 2.24) is 9.55 Å². The standard InChI is InChI=1S/C39H28N4S/c1-5-15-29(16-6-1)41(38-28-40-39(44-38)42(30-17-7-2-8-18-30)31-19-9-3-10-20-31)33-25-26-37-35(27-33)34-23-13-14-24-36(34)43(37)32-21-11-4-12-22-32/h1-28H. The molecule has 0 unspecified atom stereocenters. The summed E-state index contributed by atoms with van der Waals surface area (Å²) in [4.78, 5) is 9.52. The van der Waals surface area contributed by atoms with Crippen LogP contribution in [0.25, 0.3) is 27.5 Å². The van der Waals surface area contributed by atoms with Crippen LogP contribution in [-0.4, -0.2) is 9.55 Å². The van der Waals surface area contributed by atoms with E-state index in [2.05, 4.69) is 166 Å². The molecule has 0 spiro atoms. The number of rotatable bonds is 7. The van der Waals surface area contributed by atoms with Crippen LogP contribution in [0.5, 0.6) is 0 Å². The first-order valence-electron chi connectivity index (χ1n) is 14.6. The minimum atomic E-state index is 0.903. The SMILES string of the molecule is c1ccc(N(c2ccc3c(c2)c2ccccc2n3-c2ccccc2)c2cnc(N(c3ccccc3)c3ccccc3)s2)cc1. The molecule has 0 saturated heterocycles. The lowest BCUT2D eigenvalue weighted by Gasteiger charge is -2.24. The van der Waals surface area contributed by atoms with E-state index in [0.29, 0.717) is 0 Å². The van der Waals surface area contributed by atoms with Crippen molar-refractivity contribution in [2.45, 2.75) is 0 Å². The van der Waals surface area contributed by atoms with E-state index in [1.807, 2.05) is 18.3 Å². The minimum absolute atomic E-state index is 0.903. The van der Waals surface area contributed by atoms with Crippen LogP contribution in [0.15, 0.2) is 170 Å². The lowest BCUT2D eigenvalue weighted by Crippen LogP contribution is -2.09. The number of para-hydroxylation sites is 5. The molecular formula is C39H28N4S. The van der Waals surface area contributed by atoms with Gasteiger partial charge in [-0.3, -0.25) is 4.90 Å². The summed E-state index contributed by atoms with van der Waals surface area (Å²) in [6.45, 7) is 0. The maximum absolute atomic E-state index is 5.00. The molecule has 0 atom stereocenters. The lowest BCUT2D eigenvalue weighted by molar-refractivity contribution is 1.18. The molecular weight excluding hydrogens is 557 g/mol. The van der Waals surface area contributed by atoms with Crippen LogP contribution in [0.1, 0.15) is 0 Å². The number of hydrogen-bond acceptors (Lipinski definition) is 4. The maximum atomic E-state index is 5.00. The van der Waals surface area contributed by atoms with E-state index in [9.17, 15) is 0 Å². The quantitative estimate of drug-likeness (QED) is 0.186. The lowest BCUT2D eigenvalue weighted by atomic mass is 10.1. The number of aromatic nitrogens is 2. The normalized spacial score (nSPS) is 11.2. The Balaban J connectivity index is 1.29. The molecule has 0 saturated carbocycles. The van der Waals surface area contributed by atoms with Gasteiger partial charge in [0, 0.05) is 39.2 Å². The first-order chi connectivity index (χ1) is 21.8. The zero-order chi connectivity index (χ0) is 29.3. The fourth-order valence-electron chi connectivity index (χ4n) is 5.92.